The maximum Gasteiger partial charge on any atom is 0.203 e. The van der Waals surface area contributed by atoms with Crippen LogP contribution in [0.25, 0.3) is 0 Å². The van der Waals surface area contributed by atoms with E-state index in [1.807, 2.05) is 18.3 Å². The van der Waals surface area contributed by atoms with Gasteiger partial charge in [0, 0.05) is 31.9 Å². The predicted molar refractivity (Wildman–Crippen MR) is 72.9 cm³/mol. The molecule has 2 heterocycles. The summed E-state index contributed by atoms with van der Waals surface area (Å²) < 4.78 is 0. The lowest BCUT2D eigenvalue weighted by molar-refractivity contribution is 0.261. The summed E-state index contributed by atoms with van der Waals surface area (Å²) in [5, 5.41) is 17.9. The summed E-state index contributed by atoms with van der Waals surface area (Å²) in [6.45, 7) is 2.06. The second-order valence-electron chi connectivity index (χ2n) is 4.01. The molecule has 0 amide bonds. The number of rotatable bonds is 6. The minimum absolute atomic E-state index is 0.469. The van der Waals surface area contributed by atoms with Crippen molar-refractivity contribution >= 4 is 16.5 Å². The van der Waals surface area contributed by atoms with Gasteiger partial charge in [-0.2, -0.15) is 5.26 Å². The Bertz CT molecular complexity index is 547. The molecule has 2 aromatic heterocycles. The van der Waals surface area contributed by atoms with Crippen LogP contribution >= 0.6 is 11.3 Å². The number of nitrogens with two attached hydrogens (primary N) is 1. The van der Waals surface area contributed by atoms with E-state index in [0.29, 0.717) is 24.6 Å². The molecule has 0 radical (unpaired) electrons. The van der Waals surface area contributed by atoms with Gasteiger partial charge in [0.05, 0.1) is 12.6 Å². The number of nitrogens with zero attached hydrogens (tertiary/aromatic N) is 5. The lowest BCUT2D eigenvalue weighted by Crippen LogP contribution is -2.23. The van der Waals surface area contributed by atoms with Crippen molar-refractivity contribution in [3.63, 3.8) is 0 Å². The maximum absolute atomic E-state index is 8.72. The number of hydrogen-bond donors (Lipinski definition) is 1. The van der Waals surface area contributed by atoms with E-state index < -0.39 is 0 Å². The van der Waals surface area contributed by atoms with Crippen LogP contribution < -0.4 is 5.73 Å². The van der Waals surface area contributed by atoms with Crippen LogP contribution in [0.15, 0.2) is 24.5 Å². The average molecular weight is 274 g/mol. The molecule has 6 nitrogen and oxygen atoms in total. The lowest BCUT2D eigenvalue weighted by Gasteiger charge is -2.19. The molecule has 0 spiro atoms. The summed E-state index contributed by atoms with van der Waals surface area (Å²) >= 11 is 1.38. The van der Waals surface area contributed by atoms with Crippen LogP contribution in [-0.2, 0) is 13.1 Å². The molecule has 19 heavy (non-hydrogen) atoms. The van der Waals surface area contributed by atoms with Crippen LogP contribution in [0.2, 0.25) is 0 Å². The Morgan fingerprint density at radius 2 is 2.26 bits per heavy atom. The van der Waals surface area contributed by atoms with E-state index in [0.717, 1.165) is 17.1 Å². The molecule has 2 N–H and O–H groups in total. The van der Waals surface area contributed by atoms with Gasteiger partial charge in [-0.15, -0.1) is 10.2 Å². The zero-order chi connectivity index (χ0) is 13.5. The first-order chi connectivity index (χ1) is 9.28. The molecule has 0 fully saturated rings. The Balaban J connectivity index is 2.01. The Hall–Kier alpha value is -2.04. The summed E-state index contributed by atoms with van der Waals surface area (Å²) in [4.78, 5) is 6.23. The molecule has 0 atom stereocenters. The zero-order valence-corrected chi connectivity index (χ0v) is 11.2. The van der Waals surface area contributed by atoms with Crippen LogP contribution in [0.3, 0.4) is 0 Å². The van der Waals surface area contributed by atoms with Crippen LogP contribution in [0.1, 0.15) is 17.0 Å². The highest BCUT2D eigenvalue weighted by Gasteiger charge is 2.10. The van der Waals surface area contributed by atoms with Gasteiger partial charge >= 0.3 is 0 Å². The standard InChI is InChI=1S/C12H14N6S/c13-4-2-6-18(8-10-3-1-5-15-7-10)9-11-16-17-12(14)19-11/h1,3,5,7H,2,6,8-9H2,(H2,14,17). The highest BCUT2D eigenvalue weighted by molar-refractivity contribution is 7.15. The minimum Gasteiger partial charge on any atom is -0.374 e. The number of nitrogen functional groups attached to an aromatic ring is 1. The number of aromatic nitrogens is 3. The molecule has 98 valence electrons. The third kappa shape index (κ3) is 4.28. The van der Waals surface area contributed by atoms with E-state index >= 15 is 0 Å². The quantitative estimate of drug-likeness (QED) is 0.856. The molecule has 0 aromatic carbocycles. The fourth-order valence-corrected chi connectivity index (χ4v) is 2.35. The van der Waals surface area contributed by atoms with Crippen molar-refractivity contribution in [3.8, 4) is 6.07 Å². The summed E-state index contributed by atoms with van der Waals surface area (Å²) in [6, 6.07) is 6.08. The van der Waals surface area contributed by atoms with E-state index in [1.165, 1.54) is 11.3 Å². The number of hydrogen-bond acceptors (Lipinski definition) is 7. The number of pyridine rings is 1. The molecule has 0 aliphatic carbocycles. The van der Waals surface area contributed by atoms with Gasteiger partial charge in [0.2, 0.25) is 5.13 Å². The van der Waals surface area contributed by atoms with Crippen molar-refractivity contribution in [1.29, 1.82) is 5.26 Å². The molecule has 2 aromatic rings. The van der Waals surface area contributed by atoms with Gasteiger partial charge < -0.3 is 5.73 Å². The average Bonchev–Trinajstić information content (AvgIpc) is 2.82. The maximum atomic E-state index is 8.72. The Kier molecular flexibility index (Phi) is 4.78. The molecule has 0 aliphatic rings. The van der Waals surface area contributed by atoms with Gasteiger partial charge in [0.1, 0.15) is 5.01 Å². The van der Waals surface area contributed by atoms with Crippen LogP contribution in [0.4, 0.5) is 5.13 Å². The number of anilines is 1. The third-order valence-corrected chi connectivity index (χ3v) is 3.25. The number of nitriles is 1. The smallest absolute Gasteiger partial charge is 0.203 e. The highest BCUT2D eigenvalue weighted by Crippen LogP contribution is 2.15. The van der Waals surface area contributed by atoms with E-state index in [4.69, 9.17) is 11.0 Å². The monoisotopic (exact) mass is 274 g/mol. The van der Waals surface area contributed by atoms with Crippen LogP contribution in [-0.4, -0.2) is 26.6 Å². The van der Waals surface area contributed by atoms with E-state index in [1.54, 1.807) is 6.20 Å². The molecular formula is C12H14N6S. The van der Waals surface area contributed by atoms with Crippen molar-refractivity contribution in [3.05, 3.63) is 35.1 Å². The molecule has 7 heteroatoms. The molecule has 2 rings (SSSR count). The first kappa shape index (κ1) is 13.4. The molecule has 0 unspecified atom stereocenters. The van der Waals surface area contributed by atoms with Crippen LogP contribution in [0.5, 0.6) is 0 Å². The second kappa shape index (κ2) is 6.78. The van der Waals surface area contributed by atoms with Gasteiger partial charge in [-0.25, -0.2) is 0 Å². The first-order valence-electron chi connectivity index (χ1n) is 5.84. The van der Waals surface area contributed by atoms with Crippen molar-refractivity contribution in [2.24, 2.45) is 0 Å². The Morgan fingerprint density at radius 3 is 2.89 bits per heavy atom. The van der Waals surface area contributed by atoms with Gasteiger partial charge in [0.15, 0.2) is 0 Å². The predicted octanol–water partition coefficient (Wildman–Crippen LogP) is 1.43. The lowest BCUT2D eigenvalue weighted by atomic mass is 10.2. The molecule has 0 saturated carbocycles. The van der Waals surface area contributed by atoms with Gasteiger partial charge in [-0.05, 0) is 11.6 Å². The summed E-state index contributed by atoms with van der Waals surface area (Å²) in [6.07, 6.45) is 4.05. The second-order valence-corrected chi connectivity index (χ2v) is 5.11. The van der Waals surface area contributed by atoms with Crippen molar-refractivity contribution < 1.29 is 0 Å². The van der Waals surface area contributed by atoms with Crippen molar-refractivity contribution in [2.75, 3.05) is 12.3 Å². The fourth-order valence-electron chi connectivity index (χ4n) is 1.69. The summed E-state index contributed by atoms with van der Waals surface area (Å²) in [5.74, 6) is 0. The molecule has 0 saturated heterocycles. The highest BCUT2D eigenvalue weighted by atomic mass is 32.1. The largest absolute Gasteiger partial charge is 0.374 e. The van der Waals surface area contributed by atoms with Gasteiger partial charge in [-0.3, -0.25) is 9.88 Å². The van der Waals surface area contributed by atoms with Crippen molar-refractivity contribution in [1.82, 2.24) is 20.1 Å². The minimum atomic E-state index is 0.469. The normalized spacial score (nSPS) is 10.5. The zero-order valence-electron chi connectivity index (χ0n) is 10.4. The first-order valence-corrected chi connectivity index (χ1v) is 6.65. The topological polar surface area (TPSA) is 91.7 Å². The van der Waals surface area contributed by atoms with Crippen molar-refractivity contribution in [2.45, 2.75) is 19.5 Å². The van der Waals surface area contributed by atoms with Gasteiger partial charge in [-0.1, -0.05) is 17.4 Å². The van der Waals surface area contributed by atoms with E-state index in [2.05, 4.69) is 26.2 Å². The van der Waals surface area contributed by atoms with E-state index in [9.17, 15) is 0 Å². The fraction of sp³-hybridized carbons (Fsp3) is 0.333. The SMILES string of the molecule is N#CCCN(Cc1cccnc1)Cc1nnc(N)s1. The van der Waals surface area contributed by atoms with Crippen LogP contribution in [0, 0.1) is 11.3 Å². The summed E-state index contributed by atoms with van der Waals surface area (Å²) in [5.41, 5.74) is 6.68. The van der Waals surface area contributed by atoms with E-state index in [-0.39, 0.29) is 0 Å². The Morgan fingerprint density at radius 1 is 1.37 bits per heavy atom. The molecular weight excluding hydrogens is 260 g/mol. The summed E-state index contributed by atoms with van der Waals surface area (Å²) in [7, 11) is 0. The Labute approximate surface area is 115 Å². The van der Waals surface area contributed by atoms with Gasteiger partial charge in [0.25, 0.3) is 0 Å². The molecule has 0 aliphatic heterocycles. The third-order valence-electron chi connectivity index (χ3n) is 2.51. The molecule has 0 bridgehead atoms.